The number of hydrogen-bond donors (Lipinski definition) is 2. The molecule has 1 aromatic heterocycles. The zero-order valence-electron chi connectivity index (χ0n) is 16.3. The number of nitrogens with zero attached hydrogens (tertiary/aromatic N) is 4. The second-order valence-corrected chi connectivity index (χ2v) is 7.98. The third-order valence-electron chi connectivity index (χ3n) is 6.09. The Morgan fingerprint density at radius 2 is 1.89 bits per heavy atom. The Balaban J connectivity index is 1.19. The van der Waals surface area contributed by atoms with Crippen molar-refractivity contribution in [3.05, 3.63) is 30.6 Å². The van der Waals surface area contributed by atoms with Crippen LogP contribution in [0.5, 0.6) is 0 Å². The van der Waals surface area contributed by atoms with Crippen LogP contribution in [-0.4, -0.2) is 65.6 Å². The van der Waals surface area contributed by atoms with Gasteiger partial charge in [-0.15, -0.1) is 0 Å². The van der Waals surface area contributed by atoms with Crippen molar-refractivity contribution >= 4 is 17.9 Å². The normalized spacial score (nSPS) is 27.0. The van der Waals surface area contributed by atoms with Gasteiger partial charge < -0.3 is 20.4 Å². The molecular weight excluding hydrogens is 356 g/mol. The molecule has 0 radical (unpaired) electrons. The molecule has 0 aromatic carbocycles. The van der Waals surface area contributed by atoms with Crippen molar-refractivity contribution in [3.63, 3.8) is 0 Å². The first kappa shape index (κ1) is 18.7. The van der Waals surface area contributed by atoms with Gasteiger partial charge in [0.25, 0.3) is 0 Å². The van der Waals surface area contributed by atoms with Crippen molar-refractivity contribution in [2.75, 3.05) is 37.6 Å². The van der Waals surface area contributed by atoms with E-state index in [0.717, 1.165) is 6.42 Å². The van der Waals surface area contributed by atoms with E-state index in [2.05, 4.69) is 37.7 Å². The molecule has 150 valence electrons. The Bertz CT molecular complexity index is 731. The van der Waals surface area contributed by atoms with Crippen molar-refractivity contribution in [1.82, 2.24) is 25.5 Å². The summed E-state index contributed by atoms with van der Waals surface area (Å²) in [7, 11) is 0. The number of anilines is 1. The molecule has 1 aliphatic heterocycles. The molecule has 2 N–H and O–H groups in total. The number of aromatic nitrogens is 2. The number of carbonyl (C=O) groups excluding carboxylic acids is 2. The molecule has 8 heteroatoms. The minimum atomic E-state index is -0.544. The van der Waals surface area contributed by atoms with Gasteiger partial charge in [-0.3, -0.25) is 4.79 Å². The molecule has 4 atom stereocenters. The quantitative estimate of drug-likeness (QED) is 0.740. The van der Waals surface area contributed by atoms with E-state index in [1.54, 1.807) is 30.3 Å². The minimum absolute atomic E-state index is 0.114. The molecule has 8 nitrogen and oxygen atoms in total. The summed E-state index contributed by atoms with van der Waals surface area (Å²) >= 11 is 0. The summed E-state index contributed by atoms with van der Waals surface area (Å²) in [4.78, 5) is 37.2. The molecule has 28 heavy (non-hydrogen) atoms. The molecule has 1 aromatic rings. The van der Waals surface area contributed by atoms with Crippen LogP contribution in [0.25, 0.3) is 0 Å². The van der Waals surface area contributed by atoms with Gasteiger partial charge in [0.15, 0.2) is 0 Å². The monoisotopic (exact) mass is 384 g/mol. The number of fused-ring (bicyclic) bond motifs is 2. The van der Waals surface area contributed by atoms with Gasteiger partial charge in [0.05, 0.1) is 0 Å². The van der Waals surface area contributed by atoms with Crippen molar-refractivity contribution in [2.24, 2.45) is 17.8 Å². The number of carbonyl (C=O) groups is 2. The average molecular weight is 384 g/mol. The number of amides is 3. The molecule has 1 saturated carbocycles. The molecule has 2 aliphatic carbocycles. The Morgan fingerprint density at radius 3 is 2.54 bits per heavy atom. The fourth-order valence-corrected chi connectivity index (χ4v) is 4.42. The lowest BCUT2D eigenvalue weighted by atomic mass is 9.93. The summed E-state index contributed by atoms with van der Waals surface area (Å²) in [5.41, 5.74) is 0. The van der Waals surface area contributed by atoms with E-state index in [1.807, 2.05) is 0 Å². The predicted octanol–water partition coefficient (Wildman–Crippen LogP) is 1.03. The van der Waals surface area contributed by atoms with Crippen molar-refractivity contribution in [2.45, 2.75) is 25.8 Å². The van der Waals surface area contributed by atoms with Crippen LogP contribution in [0.3, 0.4) is 0 Å². The molecule has 4 unspecified atom stereocenters. The van der Waals surface area contributed by atoms with Crippen LogP contribution in [0.4, 0.5) is 10.7 Å². The van der Waals surface area contributed by atoms with E-state index >= 15 is 0 Å². The largest absolute Gasteiger partial charge is 0.354 e. The summed E-state index contributed by atoms with van der Waals surface area (Å²) in [6.07, 6.45) is 10.4. The van der Waals surface area contributed by atoms with Crippen molar-refractivity contribution in [3.8, 4) is 0 Å². The van der Waals surface area contributed by atoms with Gasteiger partial charge in [-0.2, -0.15) is 0 Å². The van der Waals surface area contributed by atoms with Gasteiger partial charge in [-0.1, -0.05) is 12.2 Å². The highest BCUT2D eigenvalue weighted by Crippen LogP contribution is 2.42. The average Bonchev–Trinajstić information content (AvgIpc) is 3.36. The van der Waals surface area contributed by atoms with Crippen LogP contribution in [-0.2, 0) is 4.79 Å². The minimum Gasteiger partial charge on any atom is -0.354 e. The fraction of sp³-hybridized carbons (Fsp3) is 0.600. The van der Waals surface area contributed by atoms with Crippen LogP contribution >= 0.6 is 0 Å². The maximum atomic E-state index is 12.5. The molecule has 2 fully saturated rings. The summed E-state index contributed by atoms with van der Waals surface area (Å²) < 4.78 is 0. The molecule has 3 aliphatic rings. The van der Waals surface area contributed by atoms with Gasteiger partial charge in [0.1, 0.15) is 6.04 Å². The molecule has 0 spiro atoms. The first-order chi connectivity index (χ1) is 13.6. The van der Waals surface area contributed by atoms with Crippen LogP contribution in [0, 0.1) is 17.8 Å². The van der Waals surface area contributed by atoms with Gasteiger partial charge in [0, 0.05) is 45.1 Å². The second-order valence-electron chi connectivity index (χ2n) is 7.98. The first-order valence-corrected chi connectivity index (χ1v) is 10.1. The molecule has 2 bridgehead atoms. The van der Waals surface area contributed by atoms with Crippen LogP contribution in [0.1, 0.15) is 19.8 Å². The zero-order valence-corrected chi connectivity index (χ0v) is 16.3. The van der Waals surface area contributed by atoms with E-state index in [0.29, 0.717) is 56.4 Å². The van der Waals surface area contributed by atoms with Gasteiger partial charge in [0.2, 0.25) is 11.9 Å². The van der Waals surface area contributed by atoms with E-state index in [1.165, 1.54) is 6.42 Å². The SMILES string of the molecule is CC(NC(=O)N1CCN(c2ncccn2)CC1)C(=O)NCC1CC2C=CC1C2. The Morgan fingerprint density at radius 1 is 1.14 bits per heavy atom. The van der Waals surface area contributed by atoms with Crippen molar-refractivity contribution < 1.29 is 9.59 Å². The van der Waals surface area contributed by atoms with E-state index in [-0.39, 0.29) is 11.9 Å². The number of nitrogens with one attached hydrogen (secondary N) is 2. The first-order valence-electron chi connectivity index (χ1n) is 10.1. The smallest absolute Gasteiger partial charge is 0.318 e. The van der Waals surface area contributed by atoms with Crippen LogP contribution in [0.15, 0.2) is 30.6 Å². The van der Waals surface area contributed by atoms with Gasteiger partial charge in [-0.05, 0) is 43.6 Å². The van der Waals surface area contributed by atoms with Gasteiger partial charge in [-0.25, -0.2) is 14.8 Å². The summed E-state index contributed by atoms with van der Waals surface area (Å²) in [5, 5.41) is 5.84. The number of hydrogen-bond acceptors (Lipinski definition) is 5. The molecule has 3 amide bonds. The van der Waals surface area contributed by atoms with Gasteiger partial charge >= 0.3 is 6.03 Å². The van der Waals surface area contributed by atoms with Crippen molar-refractivity contribution in [1.29, 1.82) is 0 Å². The highest BCUT2D eigenvalue weighted by molar-refractivity contribution is 5.86. The van der Waals surface area contributed by atoms with Crippen LogP contribution in [0.2, 0.25) is 0 Å². The highest BCUT2D eigenvalue weighted by Gasteiger charge is 2.35. The Kier molecular flexibility index (Phi) is 5.45. The molecule has 4 rings (SSSR count). The third-order valence-corrected chi connectivity index (χ3v) is 6.09. The predicted molar refractivity (Wildman–Crippen MR) is 106 cm³/mol. The molecule has 1 saturated heterocycles. The lowest BCUT2D eigenvalue weighted by Crippen LogP contribution is -2.55. The molecular formula is C20H28N6O2. The number of allylic oxidation sites excluding steroid dienone is 2. The topological polar surface area (TPSA) is 90.5 Å². The van der Waals surface area contributed by atoms with E-state index < -0.39 is 6.04 Å². The number of rotatable bonds is 5. The Labute approximate surface area is 165 Å². The maximum Gasteiger partial charge on any atom is 0.318 e. The zero-order chi connectivity index (χ0) is 19.5. The van der Waals surface area contributed by atoms with E-state index in [4.69, 9.17) is 0 Å². The number of piperazine rings is 1. The Hall–Kier alpha value is -2.64. The van der Waals surface area contributed by atoms with Crippen LogP contribution < -0.4 is 15.5 Å². The number of urea groups is 1. The lowest BCUT2D eigenvalue weighted by Gasteiger charge is -2.35. The third kappa shape index (κ3) is 4.10. The van der Waals surface area contributed by atoms with E-state index in [9.17, 15) is 9.59 Å². The standard InChI is InChI=1S/C20H28N6O2/c1-14(18(27)23-13-17-12-15-3-4-16(17)11-15)24-20(28)26-9-7-25(8-10-26)19-21-5-2-6-22-19/h2-6,14-17H,7-13H2,1H3,(H,23,27)(H,24,28). The summed E-state index contributed by atoms with van der Waals surface area (Å²) in [5.74, 6) is 2.42. The second kappa shape index (κ2) is 8.16. The summed E-state index contributed by atoms with van der Waals surface area (Å²) in [6, 6.07) is 1.05. The highest BCUT2D eigenvalue weighted by atomic mass is 16.2. The maximum absolute atomic E-state index is 12.5. The summed E-state index contributed by atoms with van der Waals surface area (Å²) in [6.45, 7) is 4.94. The fourth-order valence-electron chi connectivity index (χ4n) is 4.42. The molecule has 2 heterocycles. The lowest BCUT2D eigenvalue weighted by molar-refractivity contribution is -0.122.